The Morgan fingerprint density at radius 2 is 2.12 bits per heavy atom. The number of thiazole rings is 1. The normalized spacial score (nSPS) is 11.6. The van der Waals surface area contributed by atoms with Crippen molar-refractivity contribution in [3.63, 3.8) is 0 Å². The fourth-order valence-electron chi connectivity index (χ4n) is 2.03. The van der Waals surface area contributed by atoms with Crippen LogP contribution >= 0.6 is 11.3 Å². The molecule has 8 heteroatoms. The summed E-state index contributed by atoms with van der Waals surface area (Å²) in [6, 6.07) is 6.73. The van der Waals surface area contributed by atoms with E-state index in [-0.39, 0.29) is 23.1 Å². The van der Waals surface area contributed by atoms with Crippen LogP contribution in [0, 0.1) is 6.92 Å². The van der Waals surface area contributed by atoms with E-state index in [0.717, 1.165) is 17.6 Å². The van der Waals surface area contributed by atoms with Gasteiger partial charge in [0.25, 0.3) is 6.43 Å². The summed E-state index contributed by atoms with van der Waals surface area (Å²) in [6.07, 6.45) is -1.52. The van der Waals surface area contributed by atoms with E-state index in [4.69, 9.17) is 9.47 Å². The minimum Gasteiger partial charge on any atom is -0.503 e. The Bertz CT molecular complexity index is 758. The molecule has 1 aromatic carbocycles. The first-order valence-corrected chi connectivity index (χ1v) is 7.68. The van der Waals surface area contributed by atoms with Gasteiger partial charge in [0, 0.05) is 0 Å². The lowest BCUT2D eigenvalue weighted by molar-refractivity contribution is -0.130. The molecule has 0 unspecified atom stereocenters. The minimum absolute atomic E-state index is 0.00222. The first-order valence-electron chi connectivity index (χ1n) is 6.86. The second-order valence-electron chi connectivity index (χ2n) is 4.73. The maximum Gasteiger partial charge on any atom is 0.339 e. The number of hydrogen-bond acceptors (Lipinski definition) is 5. The number of carboxylic acid groups (broad SMARTS) is 1. The predicted molar refractivity (Wildman–Crippen MR) is 85.2 cm³/mol. The number of halogens is 2. The number of aromatic nitrogens is 1. The van der Waals surface area contributed by atoms with Crippen molar-refractivity contribution < 1.29 is 28.2 Å². The number of benzene rings is 1. The number of aryl methyl sites for hydroxylation is 1. The summed E-state index contributed by atoms with van der Waals surface area (Å²) in [5.41, 5.74) is 0.975. The maximum atomic E-state index is 12.7. The molecule has 0 amide bonds. The second kappa shape index (κ2) is 7.87. The topological polar surface area (TPSA) is 68.7 Å². The van der Waals surface area contributed by atoms with E-state index < -0.39 is 12.4 Å². The molecule has 128 valence electrons. The molecule has 0 saturated heterocycles. The van der Waals surface area contributed by atoms with E-state index in [2.05, 4.69) is 4.98 Å². The van der Waals surface area contributed by atoms with Crippen LogP contribution in [0.2, 0.25) is 0 Å². The van der Waals surface area contributed by atoms with Crippen molar-refractivity contribution in [2.75, 3.05) is 7.11 Å². The Balaban J connectivity index is 2.25. The van der Waals surface area contributed by atoms with Crippen LogP contribution in [0.15, 0.2) is 30.5 Å². The van der Waals surface area contributed by atoms with Crippen LogP contribution in [0.3, 0.4) is 0 Å². The van der Waals surface area contributed by atoms with Crippen LogP contribution in [0.25, 0.3) is 5.57 Å². The van der Waals surface area contributed by atoms with Gasteiger partial charge in [0.2, 0.25) is 5.88 Å². The monoisotopic (exact) mass is 355 g/mol. The molecule has 0 radical (unpaired) electrons. The van der Waals surface area contributed by atoms with Crippen molar-refractivity contribution >= 4 is 22.9 Å². The quantitative estimate of drug-likeness (QED) is 0.600. The molecule has 0 aliphatic carbocycles. The summed E-state index contributed by atoms with van der Waals surface area (Å²) in [7, 11) is 1.35. The van der Waals surface area contributed by atoms with Gasteiger partial charge in [0.1, 0.15) is 12.2 Å². The third-order valence-electron chi connectivity index (χ3n) is 3.10. The van der Waals surface area contributed by atoms with Crippen LogP contribution in [-0.4, -0.2) is 23.2 Å². The van der Waals surface area contributed by atoms with E-state index in [9.17, 15) is 18.7 Å². The number of alkyl halides is 2. The lowest BCUT2D eigenvalue weighted by Crippen LogP contribution is -2.06. The zero-order valence-electron chi connectivity index (χ0n) is 13.0. The molecule has 0 fully saturated rings. The Kier molecular flexibility index (Phi) is 5.86. The van der Waals surface area contributed by atoms with Crippen molar-refractivity contribution in [3.8, 4) is 5.88 Å². The smallest absolute Gasteiger partial charge is 0.339 e. The molecular formula is C16H15F2NO4S. The molecule has 0 aliphatic rings. The zero-order chi connectivity index (χ0) is 17.7. The van der Waals surface area contributed by atoms with Gasteiger partial charge >= 0.3 is 5.97 Å². The minimum atomic E-state index is -2.65. The van der Waals surface area contributed by atoms with Gasteiger partial charge in [-0.1, -0.05) is 24.3 Å². The molecule has 5 nitrogen and oxygen atoms in total. The summed E-state index contributed by atoms with van der Waals surface area (Å²) in [5, 5.41) is 8.99. The number of carboxylic acids is 1. The van der Waals surface area contributed by atoms with Crippen molar-refractivity contribution in [2.45, 2.75) is 20.0 Å². The highest BCUT2D eigenvalue weighted by Gasteiger charge is 2.18. The van der Waals surface area contributed by atoms with Gasteiger partial charge in [-0.25, -0.2) is 18.6 Å². The van der Waals surface area contributed by atoms with Crippen molar-refractivity contribution in [1.82, 2.24) is 4.98 Å². The number of methoxy groups -OCH3 is 1. The molecule has 2 rings (SSSR count). The first-order chi connectivity index (χ1) is 11.4. The molecule has 1 N–H and O–H groups in total. The average molecular weight is 355 g/mol. The van der Waals surface area contributed by atoms with Crippen molar-refractivity contribution in [1.29, 1.82) is 0 Å². The van der Waals surface area contributed by atoms with Crippen molar-refractivity contribution in [3.05, 3.63) is 51.5 Å². The molecule has 2 aromatic rings. The Hall–Kier alpha value is -2.48. The molecule has 24 heavy (non-hydrogen) atoms. The number of carbonyl (C=O) groups is 1. The van der Waals surface area contributed by atoms with Crippen LogP contribution in [0.4, 0.5) is 8.78 Å². The molecule has 0 aliphatic heterocycles. The van der Waals surface area contributed by atoms with Gasteiger partial charge in [-0.2, -0.15) is 0 Å². The highest BCUT2D eigenvalue weighted by atomic mass is 32.1. The molecule has 0 atom stereocenters. The van der Waals surface area contributed by atoms with E-state index in [0.29, 0.717) is 16.0 Å². The van der Waals surface area contributed by atoms with Crippen molar-refractivity contribution in [2.24, 2.45) is 0 Å². The molecule has 0 spiro atoms. The average Bonchev–Trinajstić information content (AvgIpc) is 2.92. The fraction of sp³-hybridized carbons (Fsp3) is 0.250. The molecular weight excluding hydrogens is 340 g/mol. The first kappa shape index (κ1) is 17.9. The number of ether oxygens (including phenoxy) is 2. The lowest BCUT2D eigenvalue weighted by Gasteiger charge is -2.11. The number of nitrogens with zero attached hydrogens (tertiary/aromatic N) is 1. The number of rotatable bonds is 7. The summed E-state index contributed by atoms with van der Waals surface area (Å²) >= 11 is 0.870. The number of aliphatic carboxylic acids is 1. The Morgan fingerprint density at radius 3 is 2.71 bits per heavy atom. The summed E-state index contributed by atoms with van der Waals surface area (Å²) in [6.45, 7) is 1.63. The van der Waals surface area contributed by atoms with Crippen LogP contribution in [-0.2, 0) is 16.1 Å². The van der Waals surface area contributed by atoms with Gasteiger partial charge < -0.3 is 14.6 Å². The number of hydrogen-bond donors (Lipinski definition) is 1. The van der Waals surface area contributed by atoms with E-state index in [1.807, 2.05) is 0 Å². The van der Waals surface area contributed by atoms with Crippen LogP contribution in [0.1, 0.15) is 27.4 Å². The van der Waals surface area contributed by atoms with Gasteiger partial charge in [-0.15, -0.1) is 11.3 Å². The molecule has 1 aromatic heterocycles. The largest absolute Gasteiger partial charge is 0.503 e. The fourth-order valence-corrected chi connectivity index (χ4v) is 2.75. The highest BCUT2D eigenvalue weighted by Crippen LogP contribution is 2.31. The van der Waals surface area contributed by atoms with Crippen LogP contribution < -0.4 is 4.74 Å². The summed E-state index contributed by atoms with van der Waals surface area (Å²) < 4.78 is 35.7. The second-order valence-corrected chi connectivity index (χ2v) is 5.97. The third-order valence-corrected chi connectivity index (χ3v) is 4.05. The summed E-state index contributed by atoms with van der Waals surface area (Å²) in [4.78, 5) is 15.7. The Labute approximate surface area is 141 Å². The molecule has 1 heterocycles. The van der Waals surface area contributed by atoms with Gasteiger partial charge in [-0.05, 0) is 18.1 Å². The van der Waals surface area contributed by atoms with Crippen LogP contribution in [0.5, 0.6) is 5.88 Å². The third kappa shape index (κ3) is 4.08. The molecule has 0 bridgehead atoms. The summed E-state index contributed by atoms with van der Waals surface area (Å²) in [5.74, 6) is -1.02. The SMILES string of the molecule is CO/C=C(/C(=O)O)c1ccccc1COc1nc(C(F)F)sc1C. The van der Waals surface area contributed by atoms with Gasteiger partial charge in [0.15, 0.2) is 5.01 Å². The zero-order valence-corrected chi connectivity index (χ0v) is 13.8. The van der Waals surface area contributed by atoms with E-state index in [1.54, 1.807) is 31.2 Å². The lowest BCUT2D eigenvalue weighted by atomic mass is 10.0. The highest BCUT2D eigenvalue weighted by molar-refractivity contribution is 7.11. The molecule has 0 saturated carbocycles. The standard InChI is InChI=1S/C16H15F2NO4S/c1-9-14(19-15(24-9)13(17)18)23-7-10-5-3-4-6-11(10)12(8-22-2)16(20)21/h3-6,8,13H,7H2,1-2H3,(H,20,21)/b12-8+. The maximum absolute atomic E-state index is 12.7. The predicted octanol–water partition coefficient (Wildman–Crippen LogP) is 4.04. The van der Waals surface area contributed by atoms with Gasteiger partial charge in [0.05, 0.1) is 18.2 Å². The van der Waals surface area contributed by atoms with Gasteiger partial charge in [-0.3, -0.25) is 0 Å². The van der Waals surface area contributed by atoms with E-state index in [1.165, 1.54) is 7.11 Å². The Morgan fingerprint density at radius 1 is 1.42 bits per heavy atom. The van der Waals surface area contributed by atoms with E-state index >= 15 is 0 Å².